The molecule has 99 heavy (non-hydrogen) atoms. The Morgan fingerprint density at radius 2 is 0.485 bits per heavy atom. The summed E-state index contributed by atoms with van der Waals surface area (Å²) < 4.78 is 68.7. The van der Waals surface area contributed by atoms with Crippen LogP contribution in [0.2, 0.25) is 0 Å². The van der Waals surface area contributed by atoms with Crippen molar-refractivity contribution < 1.29 is 80.2 Å². The highest BCUT2D eigenvalue weighted by Crippen LogP contribution is 2.45. The summed E-state index contributed by atoms with van der Waals surface area (Å²) in [6.45, 7) is 14.3. The number of unbranched alkanes of at least 4 members (excludes halogenated alkanes) is 41. The molecule has 0 aliphatic heterocycles. The Hall–Kier alpha value is -1.94. The molecule has 0 rings (SSSR count). The fourth-order valence-corrected chi connectivity index (χ4v) is 13.8. The molecule has 0 heterocycles. The van der Waals surface area contributed by atoms with Gasteiger partial charge in [-0.25, -0.2) is 9.13 Å². The van der Waals surface area contributed by atoms with Gasteiger partial charge in [-0.3, -0.25) is 37.3 Å². The number of rotatable bonds is 77. The minimum atomic E-state index is -4.96. The average Bonchev–Trinajstić information content (AvgIpc) is 0.993. The Bertz CT molecular complexity index is 1940. The second-order valence-corrected chi connectivity index (χ2v) is 33.1. The zero-order valence-electron chi connectivity index (χ0n) is 65.1. The van der Waals surface area contributed by atoms with Crippen molar-refractivity contribution in [2.45, 2.75) is 427 Å². The van der Waals surface area contributed by atoms with Crippen LogP contribution in [0.3, 0.4) is 0 Å². The quantitative estimate of drug-likeness (QED) is 0.0222. The van der Waals surface area contributed by atoms with E-state index in [1.54, 1.807) is 0 Å². The van der Waals surface area contributed by atoms with Crippen molar-refractivity contribution >= 4 is 39.5 Å². The second kappa shape index (κ2) is 69.1. The molecule has 0 spiro atoms. The van der Waals surface area contributed by atoms with E-state index in [4.69, 9.17) is 37.0 Å². The molecule has 0 aliphatic rings. The monoisotopic (exact) mass is 1450 g/mol. The molecule has 5 unspecified atom stereocenters. The number of esters is 4. The number of hydrogen-bond donors (Lipinski definition) is 3. The van der Waals surface area contributed by atoms with Gasteiger partial charge in [0.15, 0.2) is 12.2 Å². The van der Waals surface area contributed by atoms with Gasteiger partial charge in [0.25, 0.3) is 0 Å². The lowest BCUT2D eigenvalue weighted by Crippen LogP contribution is -2.30. The molecule has 0 amide bonds. The van der Waals surface area contributed by atoms with Crippen LogP contribution in [0.1, 0.15) is 409 Å². The van der Waals surface area contributed by atoms with E-state index in [-0.39, 0.29) is 25.7 Å². The maximum absolute atomic E-state index is 13.1. The minimum Gasteiger partial charge on any atom is -0.462 e. The van der Waals surface area contributed by atoms with Crippen LogP contribution >= 0.6 is 15.6 Å². The van der Waals surface area contributed by atoms with Crippen molar-refractivity contribution in [3.8, 4) is 0 Å². The first kappa shape index (κ1) is 97.1. The van der Waals surface area contributed by atoms with Crippen LogP contribution in [-0.2, 0) is 65.4 Å². The van der Waals surface area contributed by atoms with Gasteiger partial charge in [-0.1, -0.05) is 357 Å². The summed E-state index contributed by atoms with van der Waals surface area (Å²) >= 11 is 0. The average molecular weight is 1450 g/mol. The number of carbonyl (C=O) groups excluding carboxylic acids is 4. The van der Waals surface area contributed by atoms with E-state index in [1.807, 2.05) is 0 Å². The van der Waals surface area contributed by atoms with Crippen LogP contribution in [0.5, 0.6) is 0 Å². The minimum absolute atomic E-state index is 0.106. The summed E-state index contributed by atoms with van der Waals surface area (Å²) in [5.74, 6) is 1.02. The van der Waals surface area contributed by atoms with Gasteiger partial charge in [-0.2, -0.15) is 0 Å². The maximum atomic E-state index is 13.1. The summed E-state index contributed by atoms with van der Waals surface area (Å²) in [5.41, 5.74) is 0. The van der Waals surface area contributed by atoms with E-state index in [1.165, 1.54) is 205 Å². The van der Waals surface area contributed by atoms with Gasteiger partial charge in [-0.15, -0.1) is 0 Å². The molecule has 0 aromatic heterocycles. The van der Waals surface area contributed by atoms with Crippen LogP contribution in [0, 0.1) is 23.7 Å². The summed E-state index contributed by atoms with van der Waals surface area (Å²) in [6, 6.07) is 0. The van der Waals surface area contributed by atoms with Gasteiger partial charge >= 0.3 is 39.5 Å². The predicted octanol–water partition coefficient (Wildman–Crippen LogP) is 23.6. The molecule has 0 radical (unpaired) electrons. The van der Waals surface area contributed by atoms with Crippen LogP contribution < -0.4 is 0 Å². The maximum Gasteiger partial charge on any atom is 0.472 e. The summed E-state index contributed by atoms with van der Waals surface area (Å²) in [5, 5.41) is 10.6. The van der Waals surface area contributed by atoms with Crippen LogP contribution in [0.15, 0.2) is 0 Å². The molecule has 7 atom stereocenters. The Labute approximate surface area is 607 Å². The SMILES string of the molecule is CCC(C)CCCCCCCCCCCCCCCCC(=O)OC[C@H](COP(=O)(O)OCC(O)COP(=O)(O)OC[C@@H](COC(=O)CCCCCCCCC(C)C)OC(=O)CCCCCCCCCCCCCCCCCC(C)C)OC(=O)CCCCCCCCCCCCC(C)CC. The fraction of sp³-hybridized carbons (Fsp3) is 0.950. The van der Waals surface area contributed by atoms with Crippen molar-refractivity contribution in [2.24, 2.45) is 23.7 Å². The van der Waals surface area contributed by atoms with Gasteiger partial charge in [-0.05, 0) is 49.4 Å². The lowest BCUT2D eigenvalue weighted by molar-refractivity contribution is -0.161. The summed E-state index contributed by atoms with van der Waals surface area (Å²) in [6.07, 6.45) is 55.5. The topological polar surface area (TPSA) is 237 Å². The standard InChI is InChI=1S/C80H156O17P2/c1-9-72(7)58-50-42-33-27-21-17-14-15-18-22-29-35-44-52-60-77(82)90-66-75(96-80(85)63-55-47-37-31-25-24-28-34-43-51-59-73(8)10-2)68-94-98(86,87)92-64-74(81)65-93-99(88,89)95-69-76(67-91-78(83)61-53-45-39-38-41-49-57-71(5)6)97-79(84)62-54-46-36-30-23-19-13-11-12-16-20-26-32-40-48-56-70(3)4/h70-76,81H,9-69H2,1-8H3,(H,86,87)(H,88,89)/t72?,73?,74?,75-,76-/m1/s1. The molecule has 0 aromatic rings. The Balaban J connectivity index is 5.22. The number of carbonyl (C=O) groups is 4. The van der Waals surface area contributed by atoms with Gasteiger partial charge < -0.3 is 33.8 Å². The predicted molar refractivity (Wildman–Crippen MR) is 404 cm³/mol. The zero-order chi connectivity index (χ0) is 73.1. The summed E-state index contributed by atoms with van der Waals surface area (Å²) in [4.78, 5) is 73.0. The first-order valence-electron chi connectivity index (χ1n) is 41.3. The van der Waals surface area contributed by atoms with E-state index >= 15 is 0 Å². The molecule has 19 heteroatoms. The fourth-order valence-electron chi connectivity index (χ4n) is 12.2. The molecule has 0 bridgehead atoms. The van der Waals surface area contributed by atoms with Crippen molar-refractivity contribution in [2.75, 3.05) is 39.6 Å². The normalized spacial score (nSPS) is 14.6. The molecule has 0 saturated heterocycles. The number of aliphatic hydroxyl groups excluding tert-OH is 1. The van der Waals surface area contributed by atoms with E-state index < -0.39 is 97.5 Å². The van der Waals surface area contributed by atoms with Gasteiger partial charge in [0.2, 0.25) is 0 Å². The molecule has 0 aliphatic carbocycles. The molecule has 3 N–H and O–H groups in total. The first-order valence-corrected chi connectivity index (χ1v) is 44.3. The first-order chi connectivity index (χ1) is 47.7. The van der Waals surface area contributed by atoms with E-state index in [9.17, 15) is 43.2 Å². The highest BCUT2D eigenvalue weighted by molar-refractivity contribution is 7.47. The third-order valence-electron chi connectivity index (χ3n) is 19.3. The number of aliphatic hydroxyl groups is 1. The largest absolute Gasteiger partial charge is 0.472 e. The van der Waals surface area contributed by atoms with Crippen molar-refractivity contribution in [3.63, 3.8) is 0 Å². The van der Waals surface area contributed by atoms with E-state index in [0.29, 0.717) is 31.6 Å². The molecule has 0 saturated carbocycles. The highest BCUT2D eigenvalue weighted by Gasteiger charge is 2.30. The highest BCUT2D eigenvalue weighted by atomic mass is 31.2. The molecular formula is C80H156O17P2. The number of hydrogen-bond acceptors (Lipinski definition) is 15. The molecular weight excluding hydrogens is 1290 g/mol. The summed E-state index contributed by atoms with van der Waals surface area (Å²) in [7, 11) is -9.92. The number of phosphoric ester groups is 2. The third-order valence-corrected chi connectivity index (χ3v) is 21.2. The number of ether oxygens (including phenoxy) is 4. The molecule has 0 fully saturated rings. The van der Waals surface area contributed by atoms with Crippen LogP contribution in [-0.4, -0.2) is 96.7 Å². The Morgan fingerprint density at radius 1 is 0.283 bits per heavy atom. The lowest BCUT2D eigenvalue weighted by atomic mass is 9.99. The van der Waals surface area contributed by atoms with E-state index in [0.717, 1.165) is 114 Å². The van der Waals surface area contributed by atoms with Gasteiger partial charge in [0, 0.05) is 25.7 Å². The van der Waals surface area contributed by atoms with Crippen LogP contribution in [0.25, 0.3) is 0 Å². The Kier molecular flexibility index (Phi) is 67.8. The molecule has 0 aromatic carbocycles. The Morgan fingerprint density at radius 3 is 0.717 bits per heavy atom. The second-order valence-electron chi connectivity index (χ2n) is 30.2. The molecule has 588 valence electrons. The van der Waals surface area contributed by atoms with Crippen molar-refractivity contribution in [1.82, 2.24) is 0 Å². The zero-order valence-corrected chi connectivity index (χ0v) is 66.9. The molecule has 17 nitrogen and oxygen atoms in total. The van der Waals surface area contributed by atoms with Gasteiger partial charge in [0.1, 0.15) is 19.3 Å². The van der Waals surface area contributed by atoms with Gasteiger partial charge in [0.05, 0.1) is 26.4 Å². The van der Waals surface area contributed by atoms with E-state index in [2.05, 4.69) is 55.4 Å². The van der Waals surface area contributed by atoms with Crippen molar-refractivity contribution in [3.05, 3.63) is 0 Å². The van der Waals surface area contributed by atoms with Crippen molar-refractivity contribution in [1.29, 1.82) is 0 Å². The lowest BCUT2D eigenvalue weighted by Gasteiger charge is -2.21. The smallest absolute Gasteiger partial charge is 0.462 e. The third kappa shape index (κ3) is 71.5. The number of phosphoric acid groups is 2. The van der Waals surface area contributed by atoms with Crippen LogP contribution in [0.4, 0.5) is 0 Å².